The van der Waals surface area contributed by atoms with Gasteiger partial charge in [0.15, 0.2) is 0 Å². The van der Waals surface area contributed by atoms with Crippen LogP contribution in [0.5, 0.6) is 0 Å². The van der Waals surface area contributed by atoms with Crippen LogP contribution in [0.4, 0.5) is 0 Å². The van der Waals surface area contributed by atoms with Gasteiger partial charge in [0, 0.05) is 70.9 Å². The minimum absolute atomic E-state index is 0.121. The SMILES string of the molecule is CCO[Si](CCCNC[Si]C(C)(CCCCCN1CCN(C)CC1)[Si](OC)OC)(OCC)OCC. The maximum atomic E-state index is 5.97. The number of hydrogen-bond acceptors (Lipinski definition) is 8. The molecule has 0 bridgehead atoms. The molecule has 35 heavy (non-hydrogen) atoms. The number of piperazine rings is 1. The zero-order chi connectivity index (χ0) is 26.0. The lowest BCUT2D eigenvalue weighted by Gasteiger charge is -2.33. The third-order valence-corrected chi connectivity index (χ3v) is 14.2. The van der Waals surface area contributed by atoms with Crippen LogP contribution in [0.1, 0.15) is 59.8 Å². The molecule has 3 radical (unpaired) electrons. The average molecular weight is 549 g/mol. The first-order valence-electron chi connectivity index (χ1n) is 13.6. The van der Waals surface area contributed by atoms with Crippen molar-refractivity contribution in [3.63, 3.8) is 0 Å². The summed E-state index contributed by atoms with van der Waals surface area (Å²) in [5, 5.41) is 3.65. The fourth-order valence-electron chi connectivity index (χ4n) is 4.64. The van der Waals surface area contributed by atoms with Crippen molar-refractivity contribution < 1.29 is 22.1 Å². The predicted molar refractivity (Wildman–Crippen MR) is 149 cm³/mol. The second-order valence-electron chi connectivity index (χ2n) is 9.42. The van der Waals surface area contributed by atoms with E-state index in [1.165, 1.54) is 58.4 Å². The molecule has 0 aromatic heterocycles. The monoisotopic (exact) mass is 548 g/mol. The van der Waals surface area contributed by atoms with Gasteiger partial charge in [0.05, 0.1) is 9.52 Å². The fourth-order valence-corrected chi connectivity index (χ4v) is 11.2. The Morgan fingerprint density at radius 2 is 1.49 bits per heavy atom. The van der Waals surface area contributed by atoms with Crippen LogP contribution >= 0.6 is 0 Å². The zero-order valence-corrected chi connectivity index (χ0v) is 26.7. The van der Waals surface area contributed by atoms with Gasteiger partial charge in [0.2, 0.25) is 0 Å². The van der Waals surface area contributed by atoms with Gasteiger partial charge in [0.1, 0.15) is 0 Å². The first kappa shape index (κ1) is 33.4. The molecule has 207 valence electrons. The van der Waals surface area contributed by atoms with Crippen LogP contribution in [0.15, 0.2) is 0 Å². The van der Waals surface area contributed by atoms with Crippen molar-refractivity contribution in [1.29, 1.82) is 0 Å². The van der Waals surface area contributed by atoms with Crippen LogP contribution < -0.4 is 5.32 Å². The van der Waals surface area contributed by atoms with E-state index in [0.29, 0.717) is 19.8 Å². The Labute approximate surface area is 221 Å². The van der Waals surface area contributed by atoms with Gasteiger partial charge >= 0.3 is 18.1 Å². The van der Waals surface area contributed by atoms with Gasteiger partial charge < -0.3 is 37.2 Å². The molecule has 1 N–H and O–H groups in total. The molecular weight excluding hydrogens is 495 g/mol. The first-order valence-corrected chi connectivity index (χ1v) is 18.1. The van der Waals surface area contributed by atoms with Crippen molar-refractivity contribution in [3.8, 4) is 0 Å². The molecule has 0 aromatic rings. The van der Waals surface area contributed by atoms with Gasteiger partial charge in [-0.05, 0) is 66.3 Å². The molecule has 1 heterocycles. The molecular formula is C24H54N3O5Si3. The molecule has 1 unspecified atom stereocenters. The average Bonchev–Trinajstić information content (AvgIpc) is 2.83. The maximum absolute atomic E-state index is 5.97. The van der Waals surface area contributed by atoms with Crippen LogP contribution in [0.3, 0.4) is 0 Å². The second-order valence-corrected chi connectivity index (χ2v) is 17.0. The van der Waals surface area contributed by atoms with Crippen LogP contribution in [-0.4, -0.2) is 124 Å². The zero-order valence-electron chi connectivity index (χ0n) is 23.7. The predicted octanol–water partition coefficient (Wildman–Crippen LogP) is 2.98. The molecule has 8 nitrogen and oxygen atoms in total. The van der Waals surface area contributed by atoms with Gasteiger partial charge in [-0.1, -0.05) is 19.8 Å². The topological polar surface area (TPSA) is 64.7 Å². The fraction of sp³-hybridized carbons (Fsp3) is 1.00. The summed E-state index contributed by atoms with van der Waals surface area (Å²) in [6.07, 6.45) is 6.96. The highest BCUT2D eigenvalue weighted by Crippen LogP contribution is 2.35. The number of hydrogen-bond donors (Lipinski definition) is 1. The number of unbranched alkanes of at least 4 members (excludes halogenated alkanes) is 2. The third-order valence-electron chi connectivity index (χ3n) is 6.60. The van der Waals surface area contributed by atoms with E-state index in [2.05, 4.69) is 29.1 Å². The molecule has 0 aliphatic carbocycles. The van der Waals surface area contributed by atoms with Gasteiger partial charge in [-0.25, -0.2) is 0 Å². The number of nitrogens with one attached hydrogen (secondary N) is 1. The summed E-state index contributed by atoms with van der Waals surface area (Å²) in [7, 11) is 2.75. The van der Waals surface area contributed by atoms with E-state index < -0.39 is 18.1 Å². The molecule has 1 rings (SSSR count). The van der Waals surface area contributed by atoms with Crippen LogP contribution in [0.25, 0.3) is 0 Å². The van der Waals surface area contributed by atoms with E-state index in [1.807, 2.05) is 20.8 Å². The largest absolute Gasteiger partial charge is 0.500 e. The normalized spacial score (nSPS) is 17.8. The number of rotatable bonds is 22. The number of nitrogens with zero attached hydrogens (tertiary/aromatic N) is 2. The summed E-state index contributed by atoms with van der Waals surface area (Å²) in [6.45, 7) is 17.3. The summed E-state index contributed by atoms with van der Waals surface area (Å²) in [5.74, 6) is 0. The van der Waals surface area contributed by atoms with E-state index in [0.717, 1.165) is 34.7 Å². The molecule has 1 aliphatic heterocycles. The minimum Gasteiger partial charge on any atom is -0.397 e. The van der Waals surface area contributed by atoms with Gasteiger partial charge in [-0.2, -0.15) is 0 Å². The Bertz CT molecular complexity index is 498. The van der Waals surface area contributed by atoms with Crippen molar-refractivity contribution in [3.05, 3.63) is 0 Å². The lowest BCUT2D eigenvalue weighted by Crippen LogP contribution is -2.46. The highest BCUT2D eigenvalue weighted by Gasteiger charge is 2.40. The quantitative estimate of drug-likeness (QED) is 0.164. The van der Waals surface area contributed by atoms with Crippen LogP contribution in [0.2, 0.25) is 10.7 Å². The van der Waals surface area contributed by atoms with Gasteiger partial charge in [0.25, 0.3) is 0 Å². The molecule has 0 spiro atoms. The van der Waals surface area contributed by atoms with E-state index in [-0.39, 0.29) is 4.66 Å². The summed E-state index contributed by atoms with van der Waals surface area (Å²) in [6, 6.07) is 0.856. The smallest absolute Gasteiger partial charge is 0.397 e. The Morgan fingerprint density at radius 3 is 2.03 bits per heavy atom. The lowest BCUT2D eigenvalue weighted by atomic mass is 10.1. The van der Waals surface area contributed by atoms with Gasteiger partial charge in [-0.3, -0.25) is 0 Å². The Kier molecular flexibility index (Phi) is 18.5. The van der Waals surface area contributed by atoms with Crippen LogP contribution in [-0.2, 0) is 22.1 Å². The van der Waals surface area contributed by atoms with Crippen LogP contribution in [0, 0.1) is 0 Å². The van der Waals surface area contributed by atoms with Crippen molar-refractivity contribution in [2.24, 2.45) is 0 Å². The number of likely N-dealkylation sites (N-methyl/N-ethyl adjacent to an activating group) is 1. The molecule has 1 atom stereocenters. The summed E-state index contributed by atoms with van der Waals surface area (Å²) in [5.41, 5.74) is 0. The minimum atomic E-state index is -2.54. The third kappa shape index (κ3) is 13.1. The molecule has 0 saturated carbocycles. The van der Waals surface area contributed by atoms with E-state index >= 15 is 0 Å². The van der Waals surface area contributed by atoms with Crippen molar-refractivity contribution in [2.45, 2.75) is 70.5 Å². The van der Waals surface area contributed by atoms with Crippen molar-refractivity contribution in [1.82, 2.24) is 15.1 Å². The molecule has 1 fully saturated rings. The molecule has 1 saturated heterocycles. The van der Waals surface area contributed by atoms with Gasteiger partial charge in [-0.15, -0.1) is 0 Å². The lowest BCUT2D eigenvalue weighted by molar-refractivity contribution is 0.0708. The summed E-state index contributed by atoms with van der Waals surface area (Å²) in [4.78, 5) is 5.04. The standard InChI is InChI=1S/C24H54N3O5Si3/c1-8-30-35(31-9-2,32-10-3)22-14-16-25-23-33-24(4,34(28-6)29-7)15-12-11-13-17-27-20-18-26(5)19-21-27/h25H,8-23H2,1-7H3. The van der Waals surface area contributed by atoms with E-state index in [9.17, 15) is 0 Å². The maximum Gasteiger partial charge on any atom is 0.500 e. The van der Waals surface area contributed by atoms with Crippen molar-refractivity contribution >= 4 is 27.6 Å². The van der Waals surface area contributed by atoms with E-state index in [4.69, 9.17) is 22.1 Å². The molecule has 11 heteroatoms. The molecule has 0 aromatic carbocycles. The second kappa shape index (κ2) is 19.4. The molecule has 0 amide bonds. The van der Waals surface area contributed by atoms with E-state index in [1.54, 1.807) is 14.2 Å². The summed E-state index contributed by atoms with van der Waals surface area (Å²) >= 11 is 0. The Balaban J connectivity index is 2.39. The highest BCUT2D eigenvalue weighted by molar-refractivity contribution is 6.66. The molecule has 1 aliphatic rings. The Hall–Kier alpha value is 0.331. The summed E-state index contributed by atoms with van der Waals surface area (Å²) < 4.78 is 29.7. The Morgan fingerprint density at radius 1 is 0.886 bits per heavy atom. The first-order chi connectivity index (χ1) is 16.9. The highest BCUT2D eigenvalue weighted by atomic mass is 28.4. The van der Waals surface area contributed by atoms with Crippen molar-refractivity contribution in [2.75, 3.05) is 86.5 Å².